The Morgan fingerprint density at radius 2 is 2.00 bits per heavy atom. The maximum absolute atomic E-state index is 13.0. The highest BCUT2D eigenvalue weighted by molar-refractivity contribution is 6.33. The van der Waals surface area contributed by atoms with Crippen LogP contribution in [-0.2, 0) is 33.6 Å². The Bertz CT molecular complexity index is 1010. The number of anilines is 2. The summed E-state index contributed by atoms with van der Waals surface area (Å²) in [7, 11) is 1.47. The average molecular weight is 461 g/mol. The van der Waals surface area contributed by atoms with Gasteiger partial charge in [-0.2, -0.15) is 13.2 Å². The molecule has 12 heteroatoms. The van der Waals surface area contributed by atoms with E-state index in [0.717, 1.165) is 22.8 Å². The topological polar surface area (TPSA) is 85.7 Å². The van der Waals surface area contributed by atoms with Crippen molar-refractivity contribution in [2.75, 3.05) is 43.6 Å². The normalized spacial score (nSPS) is 14.5. The third-order valence-electron chi connectivity index (χ3n) is 4.50. The van der Waals surface area contributed by atoms with Gasteiger partial charge in [0, 0.05) is 26.3 Å². The molecule has 0 bridgehead atoms. The molecule has 1 saturated heterocycles. The molecule has 0 aliphatic carbocycles. The Hall–Kier alpha value is -2.63. The van der Waals surface area contributed by atoms with Crippen molar-refractivity contribution in [1.29, 1.82) is 0 Å². The minimum atomic E-state index is -4.59. The van der Waals surface area contributed by atoms with Crippen LogP contribution in [0.3, 0.4) is 0 Å². The zero-order valence-electron chi connectivity index (χ0n) is 16.5. The van der Waals surface area contributed by atoms with Gasteiger partial charge in [-0.25, -0.2) is 4.98 Å². The van der Waals surface area contributed by atoms with E-state index in [4.69, 9.17) is 21.1 Å². The Kier molecular flexibility index (Phi) is 7.19. The van der Waals surface area contributed by atoms with Crippen LogP contribution >= 0.6 is 11.6 Å². The van der Waals surface area contributed by atoms with Crippen molar-refractivity contribution in [2.45, 2.75) is 19.3 Å². The molecule has 31 heavy (non-hydrogen) atoms. The van der Waals surface area contributed by atoms with Crippen LogP contribution in [0.2, 0.25) is 5.02 Å². The number of hydrogen-bond donors (Lipinski definition) is 1. The molecule has 1 fully saturated rings. The summed E-state index contributed by atoms with van der Waals surface area (Å²) in [6.45, 7) is 1.43. The molecule has 0 radical (unpaired) electrons. The molecule has 3 rings (SSSR count). The van der Waals surface area contributed by atoms with Gasteiger partial charge < -0.3 is 19.7 Å². The van der Waals surface area contributed by atoms with Gasteiger partial charge in [-0.3, -0.25) is 14.2 Å². The number of carbonyl (C=O) groups excluding carboxylic acids is 1. The van der Waals surface area contributed by atoms with Gasteiger partial charge in [0.05, 0.1) is 41.8 Å². The Morgan fingerprint density at radius 3 is 2.65 bits per heavy atom. The predicted octanol–water partition coefficient (Wildman–Crippen LogP) is 2.54. The summed E-state index contributed by atoms with van der Waals surface area (Å²) < 4.78 is 50.4. The van der Waals surface area contributed by atoms with Gasteiger partial charge in [0.15, 0.2) is 0 Å². The quantitative estimate of drug-likeness (QED) is 0.713. The molecule has 2 heterocycles. The highest BCUT2D eigenvalue weighted by atomic mass is 35.5. The highest BCUT2D eigenvalue weighted by Gasteiger charge is 2.31. The maximum atomic E-state index is 13.0. The second kappa shape index (κ2) is 9.67. The van der Waals surface area contributed by atoms with E-state index in [1.807, 2.05) is 0 Å². The number of halogens is 4. The number of rotatable bonds is 6. The number of benzene rings is 1. The number of methoxy groups -OCH3 is 1. The van der Waals surface area contributed by atoms with E-state index < -0.39 is 29.8 Å². The smallest absolute Gasteiger partial charge is 0.378 e. The van der Waals surface area contributed by atoms with Crippen LogP contribution < -0.4 is 15.8 Å². The van der Waals surface area contributed by atoms with Crippen LogP contribution in [-0.4, -0.2) is 48.9 Å². The molecule has 168 valence electrons. The van der Waals surface area contributed by atoms with Gasteiger partial charge >= 0.3 is 6.18 Å². The van der Waals surface area contributed by atoms with Gasteiger partial charge in [-0.15, -0.1) is 0 Å². The van der Waals surface area contributed by atoms with Crippen molar-refractivity contribution in [2.24, 2.45) is 0 Å². The zero-order valence-corrected chi connectivity index (χ0v) is 17.3. The Morgan fingerprint density at radius 1 is 1.29 bits per heavy atom. The second-order valence-corrected chi connectivity index (χ2v) is 7.15. The van der Waals surface area contributed by atoms with Gasteiger partial charge in [0.25, 0.3) is 5.56 Å². The van der Waals surface area contributed by atoms with E-state index in [1.54, 1.807) is 4.90 Å². The van der Waals surface area contributed by atoms with Gasteiger partial charge in [0.2, 0.25) is 11.9 Å². The number of hydrogen-bond acceptors (Lipinski definition) is 6. The molecular formula is C19H20ClF3N4O4. The van der Waals surface area contributed by atoms with Crippen molar-refractivity contribution in [3.8, 4) is 0 Å². The summed E-state index contributed by atoms with van der Waals surface area (Å²) in [6, 6.07) is 3.85. The molecule has 1 aromatic heterocycles. The summed E-state index contributed by atoms with van der Waals surface area (Å²) >= 11 is 5.93. The van der Waals surface area contributed by atoms with Crippen LogP contribution in [0.15, 0.2) is 29.1 Å². The molecule has 8 nitrogen and oxygen atoms in total. The van der Waals surface area contributed by atoms with Crippen molar-refractivity contribution >= 4 is 29.1 Å². The third-order valence-corrected chi connectivity index (χ3v) is 4.83. The van der Waals surface area contributed by atoms with Crippen LogP contribution in [0.25, 0.3) is 0 Å². The minimum absolute atomic E-state index is 0.0596. The van der Waals surface area contributed by atoms with E-state index in [0.29, 0.717) is 32.0 Å². The van der Waals surface area contributed by atoms with Gasteiger partial charge in [0.1, 0.15) is 6.54 Å². The minimum Gasteiger partial charge on any atom is -0.378 e. The van der Waals surface area contributed by atoms with Crippen LogP contribution in [0.1, 0.15) is 11.3 Å². The molecular weight excluding hydrogens is 441 g/mol. The first-order valence-electron chi connectivity index (χ1n) is 9.28. The largest absolute Gasteiger partial charge is 0.416 e. The predicted molar refractivity (Wildman–Crippen MR) is 107 cm³/mol. The van der Waals surface area contributed by atoms with Crippen LogP contribution in [0, 0.1) is 0 Å². The number of nitrogens with one attached hydrogen (secondary N) is 1. The summed E-state index contributed by atoms with van der Waals surface area (Å²) in [5.41, 5.74) is -1.25. The van der Waals surface area contributed by atoms with Crippen molar-refractivity contribution < 1.29 is 27.4 Å². The number of aromatic nitrogens is 2. The summed E-state index contributed by atoms with van der Waals surface area (Å²) in [5, 5.41) is 2.28. The molecule has 0 spiro atoms. The lowest BCUT2D eigenvalue weighted by molar-refractivity contribution is -0.137. The number of alkyl halides is 3. The number of amides is 1. The fourth-order valence-electron chi connectivity index (χ4n) is 3.05. The SMILES string of the molecule is COCc1cc(=O)n(CC(=O)Nc2cc(C(F)(F)F)ccc2Cl)c(N2CCOCC2)n1. The fraction of sp³-hybridized carbons (Fsp3) is 0.421. The summed E-state index contributed by atoms with van der Waals surface area (Å²) in [4.78, 5) is 31.5. The number of carbonyl (C=O) groups is 1. The standard InChI is InChI=1S/C19H20ClF3N4O4/c1-30-11-13-9-17(29)27(18(24-13)26-4-6-31-7-5-26)10-16(28)25-15-8-12(19(21,22)23)2-3-14(15)20/h2-3,8-9H,4-7,10-11H2,1H3,(H,25,28). The first-order chi connectivity index (χ1) is 14.7. The number of ether oxygens (including phenoxy) is 2. The molecule has 1 aliphatic rings. The number of morpholine rings is 1. The number of nitrogens with zero attached hydrogens (tertiary/aromatic N) is 3. The molecule has 1 aliphatic heterocycles. The van der Waals surface area contributed by atoms with E-state index >= 15 is 0 Å². The monoisotopic (exact) mass is 460 g/mol. The fourth-order valence-corrected chi connectivity index (χ4v) is 3.21. The molecule has 1 amide bonds. The second-order valence-electron chi connectivity index (χ2n) is 6.74. The van der Waals surface area contributed by atoms with Gasteiger partial charge in [-0.05, 0) is 18.2 Å². The third kappa shape index (κ3) is 5.75. The summed E-state index contributed by atoms with van der Waals surface area (Å²) in [6.07, 6.45) is -4.59. The molecule has 0 saturated carbocycles. The first kappa shape index (κ1) is 23.0. The van der Waals surface area contributed by atoms with E-state index in [1.165, 1.54) is 13.2 Å². The molecule has 2 aromatic rings. The lowest BCUT2D eigenvalue weighted by atomic mass is 10.2. The molecule has 0 atom stereocenters. The van der Waals surface area contributed by atoms with E-state index in [9.17, 15) is 22.8 Å². The molecule has 0 unspecified atom stereocenters. The van der Waals surface area contributed by atoms with Crippen molar-refractivity contribution in [3.05, 3.63) is 50.9 Å². The van der Waals surface area contributed by atoms with Crippen LogP contribution in [0.4, 0.5) is 24.8 Å². The van der Waals surface area contributed by atoms with Crippen LogP contribution in [0.5, 0.6) is 0 Å². The van der Waals surface area contributed by atoms with E-state index in [-0.39, 0.29) is 23.3 Å². The molecule has 1 N–H and O–H groups in total. The Labute approximate surface area is 180 Å². The highest BCUT2D eigenvalue weighted by Crippen LogP contribution is 2.33. The average Bonchev–Trinajstić information content (AvgIpc) is 2.71. The maximum Gasteiger partial charge on any atom is 0.416 e. The molecule has 1 aromatic carbocycles. The zero-order chi connectivity index (χ0) is 22.6. The first-order valence-corrected chi connectivity index (χ1v) is 9.66. The lowest BCUT2D eigenvalue weighted by Gasteiger charge is -2.29. The van der Waals surface area contributed by atoms with E-state index in [2.05, 4.69) is 10.3 Å². The van der Waals surface area contributed by atoms with Gasteiger partial charge in [-0.1, -0.05) is 11.6 Å². The lowest BCUT2D eigenvalue weighted by Crippen LogP contribution is -2.42. The van der Waals surface area contributed by atoms with Crippen molar-refractivity contribution in [3.63, 3.8) is 0 Å². The summed E-state index contributed by atoms with van der Waals surface area (Å²) in [5.74, 6) is -0.465. The Balaban J connectivity index is 1.88. The van der Waals surface area contributed by atoms with Crippen molar-refractivity contribution in [1.82, 2.24) is 9.55 Å².